The SMILES string of the molecule is C[C@@H](N)C(=O)O[C@H]1CC[C@H](N(c2cc(C(C)(C)C)sc2C(=O)O)C(=O)[C@H]2CC[C@H](C)CC2)CC1. The number of nitrogens with two attached hydrogens (primary N) is 1. The maximum absolute atomic E-state index is 13.9. The summed E-state index contributed by atoms with van der Waals surface area (Å²) in [6.45, 7) is 10.00. The smallest absolute Gasteiger partial charge is 0.348 e. The van der Waals surface area contributed by atoms with Crippen molar-refractivity contribution in [3.8, 4) is 0 Å². The third kappa shape index (κ3) is 6.19. The van der Waals surface area contributed by atoms with Crippen LogP contribution in [0.3, 0.4) is 0 Å². The molecule has 0 radical (unpaired) electrons. The van der Waals surface area contributed by atoms with E-state index in [9.17, 15) is 19.5 Å². The first-order valence-corrected chi connectivity index (χ1v) is 13.4. The van der Waals surface area contributed by atoms with E-state index in [0.717, 1.165) is 30.6 Å². The summed E-state index contributed by atoms with van der Waals surface area (Å²) < 4.78 is 5.53. The molecule has 1 heterocycles. The maximum Gasteiger partial charge on any atom is 0.348 e. The van der Waals surface area contributed by atoms with E-state index in [1.54, 1.807) is 11.8 Å². The zero-order valence-corrected chi connectivity index (χ0v) is 22.0. The molecule has 8 heteroatoms. The van der Waals surface area contributed by atoms with Crippen LogP contribution in [0, 0.1) is 11.8 Å². The molecule has 2 saturated carbocycles. The summed E-state index contributed by atoms with van der Waals surface area (Å²) in [5, 5.41) is 10.0. The number of thiophene rings is 1. The van der Waals surface area contributed by atoms with Crippen molar-refractivity contribution < 1.29 is 24.2 Å². The van der Waals surface area contributed by atoms with Crippen molar-refractivity contribution in [1.82, 2.24) is 0 Å². The predicted octanol–water partition coefficient (Wildman–Crippen LogP) is 5.10. The van der Waals surface area contributed by atoms with Crippen molar-refractivity contribution in [3.63, 3.8) is 0 Å². The molecule has 0 unspecified atom stereocenters. The predicted molar refractivity (Wildman–Crippen MR) is 134 cm³/mol. The highest BCUT2D eigenvalue weighted by atomic mass is 32.1. The van der Waals surface area contributed by atoms with Crippen LogP contribution < -0.4 is 10.6 Å². The Balaban J connectivity index is 1.90. The van der Waals surface area contributed by atoms with E-state index >= 15 is 0 Å². The Hall–Kier alpha value is -1.93. The van der Waals surface area contributed by atoms with E-state index in [4.69, 9.17) is 10.5 Å². The standard InChI is InChI=1S/C26H40N2O5S/c1-15-6-8-17(9-7-15)23(29)28(18-10-12-19(13-11-18)33-25(32)16(2)27)20-14-21(26(3,4)5)34-22(20)24(30)31/h14-19H,6-13,27H2,1-5H3,(H,30,31)/t15-,16-,17-,18-,19-/m1/s1. The molecule has 7 nitrogen and oxygen atoms in total. The Bertz CT molecular complexity index is 887. The van der Waals surface area contributed by atoms with Crippen molar-refractivity contribution in [2.24, 2.45) is 17.6 Å². The summed E-state index contributed by atoms with van der Waals surface area (Å²) in [7, 11) is 0. The Morgan fingerprint density at radius 1 is 1.09 bits per heavy atom. The van der Waals surface area contributed by atoms with Crippen LogP contribution in [-0.2, 0) is 19.7 Å². The molecule has 190 valence electrons. The first kappa shape index (κ1) is 26.7. The van der Waals surface area contributed by atoms with Crippen LogP contribution in [-0.4, -0.2) is 41.1 Å². The van der Waals surface area contributed by atoms with Crippen LogP contribution in [0.4, 0.5) is 5.69 Å². The number of nitrogens with zero attached hydrogens (tertiary/aromatic N) is 1. The molecule has 0 aromatic carbocycles. The largest absolute Gasteiger partial charge is 0.477 e. The van der Waals surface area contributed by atoms with E-state index in [1.165, 1.54) is 11.3 Å². The van der Waals surface area contributed by atoms with Crippen molar-refractivity contribution >= 4 is 34.9 Å². The maximum atomic E-state index is 13.9. The van der Waals surface area contributed by atoms with Crippen LogP contribution in [0.2, 0.25) is 0 Å². The minimum atomic E-state index is -0.995. The van der Waals surface area contributed by atoms with Gasteiger partial charge in [-0.2, -0.15) is 0 Å². The highest BCUT2D eigenvalue weighted by Crippen LogP contribution is 2.42. The summed E-state index contributed by atoms with van der Waals surface area (Å²) in [5.41, 5.74) is 5.95. The number of ether oxygens (including phenoxy) is 1. The van der Waals surface area contributed by atoms with Gasteiger partial charge in [0, 0.05) is 16.8 Å². The van der Waals surface area contributed by atoms with Gasteiger partial charge >= 0.3 is 11.9 Å². The molecule has 0 spiro atoms. The lowest BCUT2D eigenvalue weighted by atomic mass is 9.81. The lowest BCUT2D eigenvalue weighted by molar-refractivity contribution is -0.152. The number of hydrogen-bond donors (Lipinski definition) is 2. The van der Waals surface area contributed by atoms with Gasteiger partial charge in [-0.3, -0.25) is 9.59 Å². The van der Waals surface area contributed by atoms with E-state index in [1.807, 2.05) is 6.07 Å². The van der Waals surface area contributed by atoms with Gasteiger partial charge in [-0.25, -0.2) is 4.79 Å². The Morgan fingerprint density at radius 2 is 1.68 bits per heavy atom. The quantitative estimate of drug-likeness (QED) is 0.534. The van der Waals surface area contributed by atoms with Gasteiger partial charge in [-0.1, -0.05) is 27.7 Å². The number of carbonyl (C=O) groups is 3. The fourth-order valence-corrected chi connectivity index (χ4v) is 6.02. The summed E-state index contributed by atoms with van der Waals surface area (Å²) in [6, 6.07) is 1.14. The Morgan fingerprint density at radius 3 is 2.18 bits per heavy atom. The summed E-state index contributed by atoms with van der Waals surface area (Å²) in [6.07, 6.45) is 6.10. The third-order valence-corrected chi connectivity index (χ3v) is 8.71. The topological polar surface area (TPSA) is 110 Å². The molecular weight excluding hydrogens is 452 g/mol. The van der Waals surface area contributed by atoms with Gasteiger partial charge in [-0.15, -0.1) is 11.3 Å². The molecule has 0 aliphatic heterocycles. The van der Waals surface area contributed by atoms with Crippen molar-refractivity contribution in [1.29, 1.82) is 0 Å². The first-order valence-electron chi connectivity index (χ1n) is 12.5. The molecule has 3 rings (SSSR count). The monoisotopic (exact) mass is 492 g/mol. The zero-order chi connectivity index (χ0) is 25.2. The second kappa shape index (κ2) is 10.8. The van der Waals surface area contributed by atoms with Crippen LogP contribution in [0.5, 0.6) is 0 Å². The first-order chi connectivity index (χ1) is 15.9. The number of carbonyl (C=O) groups excluding carboxylic acids is 2. The number of anilines is 1. The summed E-state index contributed by atoms with van der Waals surface area (Å²) in [4.78, 5) is 41.1. The second-order valence-corrected chi connectivity index (χ2v) is 12.3. The highest BCUT2D eigenvalue weighted by Gasteiger charge is 2.38. The van der Waals surface area contributed by atoms with E-state index in [-0.39, 0.29) is 34.3 Å². The van der Waals surface area contributed by atoms with Gasteiger partial charge in [-0.05, 0) is 75.7 Å². The van der Waals surface area contributed by atoms with Gasteiger partial charge in [0.25, 0.3) is 0 Å². The van der Waals surface area contributed by atoms with Gasteiger partial charge in [0.1, 0.15) is 17.0 Å². The summed E-state index contributed by atoms with van der Waals surface area (Å²) >= 11 is 1.27. The number of aromatic carboxylic acids is 1. The zero-order valence-electron chi connectivity index (χ0n) is 21.1. The molecule has 0 bridgehead atoms. The molecule has 2 aliphatic rings. The minimum Gasteiger partial charge on any atom is -0.477 e. The number of esters is 1. The third-order valence-electron chi connectivity index (χ3n) is 7.17. The number of carboxylic acids is 1. The van der Waals surface area contributed by atoms with E-state index in [2.05, 4.69) is 27.7 Å². The number of amides is 1. The van der Waals surface area contributed by atoms with Crippen LogP contribution in [0.1, 0.15) is 101 Å². The molecule has 34 heavy (non-hydrogen) atoms. The van der Waals surface area contributed by atoms with E-state index in [0.29, 0.717) is 37.3 Å². The molecule has 1 atom stereocenters. The number of hydrogen-bond acceptors (Lipinski definition) is 6. The van der Waals surface area contributed by atoms with Crippen LogP contribution in [0.15, 0.2) is 6.07 Å². The average molecular weight is 493 g/mol. The van der Waals surface area contributed by atoms with Crippen LogP contribution >= 0.6 is 11.3 Å². The molecule has 2 fully saturated rings. The van der Waals surface area contributed by atoms with Crippen molar-refractivity contribution in [2.75, 3.05) is 4.90 Å². The second-order valence-electron chi connectivity index (χ2n) is 11.2. The lowest BCUT2D eigenvalue weighted by Crippen LogP contribution is -2.47. The molecule has 2 aliphatic carbocycles. The molecular formula is C26H40N2O5S. The number of rotatable bonds is 6. The Labute approximate surface area is 207 Å². The fraction of sp³-hybridized carbons (Fsp3) is 0.731. The van der Waals surface area contributed by atoms with Crippen molar-refractivity contribution in [2.45, 2.75) is 110 Å². The minimum absolute atomic E-state index is 0.0451. The van der Waals surface area contributed by atoms with Crippen molar-refractivity contribution in [3.05, 3.63) is 15.8 Å². The molecule has 1 amide bonds. The van der Waals surface area contributed by atoms with Crippen LogP contribution in [0.25, 0.3) is 0 Å². The summed E-state index contributed by atoms with van der Waals surface area (Å²) in [5.74, 6) is -0.817. The molecule has 1 aromatic heterocycles. The Kier molecular flexibility index (Phi) is 8.45. The number of carboxylic acid groups (broad SMARTS) is 1. The van der Waals surface area contributed by atoms with Gasteiger partial charge in [0.15, 0.2) is 0 Å². The molecule has 3 N–H and O–H groups in total. The lowest BCUT2D eigenvalue weighted by Gasteiger charge is -2.39. The van der Waals surface area contributed by atoms with E-state index < -0.39 is 18.0 Å². The normalized spacial score (nSPS) is 26.5. The average Bonchev–Trinajstić information content (AvgIpc) is 3.21. The van der Waals surface area contributed by atoms with Gasteiger partial charge in [0.2, 0.25) is 5.91 Å². The van der Waals surface area contributed by atoms with Gasteiger partial charge in [0.05, 0.1) is 5.69 Å². The molecule has 0 saturated heterocycles. The highest BCUT2D eigenvalue weighted by molar-refractivity contribution is 7.14. The van der Waals surface area contributed by atoms with Gasteiger partial charge < -0.3 is 20.5 Å². The fourth-order valence-electron chi connectivity index (χ4n) is 4.98. The molecule has 1 aromatic rings.